The van der Waals surface area contributed by atoms with E-state index in [-0.39, 0.29) is 12.5 Å². The molecule has 0 fully saturated rings. The maximum Gasteiger partial charge on any atom is 0.265 e. The largest absolute Gasteiger partial charge is 0.495 e. The monoisotopic (exact) mass is 400 g/mol. The van der Waals surface area contributed by atoms with Gasteiger partial charge in [-0.15, -0.1) is 0 Å². The highest BCUT2D eigenvalue weighted by Gasteiger charge is 2.20. The molecule has 0 saturated heterocycles. The summed E-state index contributed by atoms with van der Waals surface area (Å²) in [5.74, 6) is 1.97. The van der Waals surface area contributed by atoms with E-state index in [9.17, 15) is 4.79 Å². The van der Waals surface area contributed by atoms with Gasteiger partial charge in [-0.3, -0.25) is 4.79 Å². The molecule has 2 aromatic carbocycles. The molecule has 0 unspecified atom stereocenters. The summed E-state index contributed by atoms with van der Waals surface area (Å²) in [5, 5.41) is 0. The zero-order valence-electron chi connectivity index (χ0n) is 17.9. The fourth-order valence-corrected chi connectivity index (χ4v) is 2.72. The number of carbonyl (C=O) groups excluding carboxylic acids is 1. The van der Waals surface area contributed by atoms with Crippen LogP contribution in [0.2, 0.25) is 0 Å². The van der Waals surface area contributed by atoms with Crippen molar-refractivity contribution in [1.82, 2.24) is 4.90 Å². The Morgan fingerprint density at radius 2 is 1.59 bits per heavy atom. The first-order chi connectivity index (χ1) is 14.0. The number of unbranched alkanes of at least 4 members (excludes halogenated alkanes) is 1. The molecule has 6 nitrogen and oxygen atoms in total. The molecule has 0 N–H and O–H groups in total. The predicted molar refractivity (Wildman–Crippen MR) is 116 cm³/mol. The number of hydrogen-bond acceptors (Lipinski definition) is 5. The van der Waals surface area contributed by atoms with Crippen LogP contribution in [0, 0.1) is 0 Å². The van der Waals surface area contributed by atoms with Crippen molar-refractivity contribution < 1.29 is 19.0 Å². The van der Waals surface area contributed by atoms with Crippen molar-refractivity contribution in [2.24, 2.45) is 0 Å². The first kappa shape index (κ1) is 22.6. The van der Waals surface area contributed by atoms with E-state index in [2.05, 4.69) is 6.92 Å². The standard InChI is InChI=1S/C23H32N2O4/c1-5-6-17-28-19-11-13-20(14-12-19)29-18-23(26)25(16-15-24(2)3)21-9-7-8-10-22(21)27-4/h7-14H,5-6,15-18H2,1-4H3. The third-order valence-electron chi connectivity index (χ3n) is 4.40. The third-order valence-corrected chi connectivity index (χ3v) is 4.40. The number of amides is 1. The van der Waals surface area contributed by atoms with Gasteiger partial charge < -0.3 is 24.0 Å². The lowest BCUT2D eigenvalue weighted by atomic mass is 10.2. The summed E-state index contributed by atoms with van der Waals surface area (Å²) in [4.78, 5) is 16.7. The van der Waals surface area contributed by atoms with Crippen molar-refractivity contribution in [2.75, 3.05) is 52.4 Å². The van der Waals surface area contributed by atoms with E-state index in [1.165, 1.54) is 0 Å². The summed E-state index contributed by atoms with van der Waals surface area (Å²) in [5.41, 5.74) is 0.741. The molecule has 0 aliphatic carbocycles. The predicted octanol–water partition coefficient (Wildman–Crippen LogP) is 3.85. The van der Waals surface area contributed by atoms with Crippen molar-refractivity contribution in [3.63, 3.8) is 0 Å². The second-order valence-corrected chi connectivity index (χ2v) is 6.98. The molecular weight excluding hydrogens is 368 g/mol. The summed E-state index contributed by atoms with van der Waals surface area (Å²) in [7, 11) is 5.56. The van der Waals surface area contributed by atoms with Gasteiger partial charge in [0, 0.05) is 13.1 Å². The maximum absolute atomic E-state index is 12.9. The number of methoxy groups -OCH3 is 1. The lowest BCUT2D eigenvalue weighted by molar-refractivity contribution is -0.120. The molecule has 0 aliphatic rings. The van der Waals surface area contributed by atoms with Gasteiger partial charge in [0.2, 0.25) is 0 Å². The number of hydrogen-bond donors (Lipinski definition) is 0. The van der Waals surface area contributed by atoms with Gasteiger partial charge >= 0.3 is 0 Å². The van der Waals surface area contributed by atoms with Gasteiger partial charge in [-0.2, -0.15) is 0 Å². The Hall–Kier alpha value is -2.73. The van der Waals surface area contributed by atoms with Gasteiger partial charge in [0.1, 0.15) is 17.2 Å². The molecule has 2 rings (SSSR count). The quantitative estimate of drug-likeness (QED) is 0.507. The van der Waals surface area contributed by atoms with Crippen LogP contribution in [-0.4, -0.2) is 58.3 Å². The lowest BCUT2D eigenvalue weighted by Gasteiger charge is -2.26. The van der Waals surface area contributed by atoms with E-state index in [1.807, 2.05) is 67.5 Å². The van der Waals surface area contributed by atoms with E-state index in [0.29, 0.717) is 24.7 Å². The molecular formula is C23H32N2O4. The topological polar surface area (TPSA) is 51.2 Å². The molecule has 29 heavy (non-hydrogen) atoms. The molecule has 0 bridgehead atoms. The van der Waals surface area contributed by atoms with Crippen LogP contribution >= 0.6 is 0 Å². The summed E-state index contributed by atoms with van der Waals surface area (Å²) in [6, 6.07) is 14.9. The van der Waals surface area contributed by atoms with Gasteiger partial charge in [-0.1, -0.05) is 25.5 Å². The lowest BCUT2D eigenvalue weighted by Crippen LogP contribution is -2.39. The minimum atomic E-state index is -0.125. The van der Waals surface area contributed by atoms with Crippen molar-refractivity contribution in [3.8, 4) is 17.2 Å². The highest BCUT2D eigenvalue weighted by Crippen LogP contribution is 2.28. The highest BCUT2D eigenvalue weighted by atomic mass is 16.5. The fourth-order valence-electron chi connectivity index (χ4n) is 2.72. The smallest absolute Gasteiger partial charge is 0.265 e. The molecule has 0 heterocycles. The average molecular weight is 401 g/mol. The second kappa shape index (κ2) is 12.0. The first-order valence-electron chi connectivity index (χ1n) is 9.99. The van der Waals surface area contributed by atoms with E-state index >= 15 is 0 Å². The van der Waals surface area contributed by atoms with Gasteiger partial charge in [-0.05, 0) is 56.9 Å². The number of benzene rings is 2. The normalized spacial score (nSPS) is 10.7. The summed E-state index contributed by atoms with van der Waals surface area (Å²) >= 11 is 0. The molecule has 0 atom stereocenters. The van der Waals surface area contributed by atoms with Crippen molar-refractivity contribution in [3.05, 3.63) is 48.5 Å². The minimum absolute atomic E-state index is 0.0541. The van der Waals surface area contributed by atoms with Gasteiger partial charge in [-0.25, -0.2) is 0 Å². The van der Waals surface area contributed by atoms with E-state index in [4.69, 9.17) is 14.2 Å². The Bertz CT molecular complexity index is 747. The zero-order chi connectivity index (χ0) is 21.1. The summed E-state index contributed by atoms with van der Waals surface area (Å²) < 4.78 is 16.8. The minimum Gasteiger partial charge on any atom is -0.495 e. The molecule has 0 aliphatic heterocycles. The summed E-state index contributed by atoms with van der Waals surface area (Å²) in [6.45, 7) is 4.05. The number of anilines is 1. The Morgan fingerprint density at radius 3 is 2.21 bits per heavy atom. The molecule has 0 aromatic heterocycles. The SMILES string of the molecule is CCCCOc1ccc(OCC(=O)N(CCN(C)C)c2ccccc2OC)cc1. The number of para-hydroxylation sites is 2. The first-order valence-corrected chi connectivity index (χ1v) is 9.99. The van der Waals surface area contributed by atoms with E-state index in [0.717, 1.165) is 30.8 Å². The van der Waals surface area contributed by atoms with Crippen molar-refractivity contribution in [1.29, 1.82) is 0 Å². The van der Waals surface area contributed by atoms with Crippen LogP contribution in [-0.2, 0) is 4.79 Å². The molecule has 6 heteroatoms. The van der Waals surface area contributed by atoms with Gasteiger partial charge in [0.15, 0.2) is 6.61 Å². The molecule has 1 amide bonds. The van der Waals surface area contributed by atoms with Crippen molar-refractivity contribution >= 4 is 11.6 Å². The van der Waals surface area contributed by atoms with E-state index < -0.39 is 0 Å². The third kappa shape index (κ3) is 7.31. The zero-order valence-corrected chi connectivity index (χ0v) is 17.9. The fraction of sp³-hybridized carbons (Fsp3) is 0.435. The highest BCUT2D eigenvalue weighted by molar-refractivity contribution is 5.95. The van der Waals surface area contributed by atoms with Gasteiger partial charge in [0.05, 0.1) is 19.4 Å². The van der Waals surface area contributed by atoms with Crippen LogP contribution < -0.4 is 19.1 Å². The van der Waals surface area contributed by atoms with Gasteiger partial charge in [0.25, 0.3) is 5.91 Å². The van der Waals surface area contributed by atoms with Crippen LogP contribution in [0.1, 0.15) is 19.8 Å². The van der Waals surface area contributed by atoms with Crippen molar-refractivity contribution in [2.45, 2.75) is 19.8 Å². The van der Waals surface area contributed by atoms with Crippen LogP contribution in [0.15, 0.2) is 48.5 Å². The van der Waals surface area contributed by atoms with E-state index in [1.54, 1.807) is 12.0 Å². The van der Waals surface area contributed by atoms with Crippen LogP contribution in [0.4, 0.5) is 5.69 Å². The number of ether oxygens (including phenoxy) is 3. The second-order valence-electron chi connectivity index (χ2n) is 6.98. The molecule has 0 saturated carbocycles. The Balaban J connectivity index is 2.02. The Labute approximate surface area is 174 Å². The van der Waals surface area contributed by atoms with Crippen LogP contribution in [0.5, 0.6) is 17.2 Å². The molecule has 0 spiro atoms. The number of nitrogens with zero attached hydrogens (tertiary/aromatic N) is 2. The Morgan fingerprint density at radius 1 is 0.931 bits per heavy atom. The summed E-state index contributed by atoms with van der Waals surface area (Å²) in [6.07, 6.45) is 2.12. The number of rotatable bonds is 12. The Kier molecular flexibility index (Phi) is 9.31. The molecule has 0 radical (unpaired) electrons. The molecule has 2 aromatic rings. The van der Waals surface area contributed by atoms with Crippen LogP contribution in [0.3, 0.4) is 0 Å². The average Bonchev–Trinajstić information content (AvgIpc) is 2.73. The number of carbonyl (C=O) groups is 1. The maximum atomic E-state index is 12.9. The molecule has 158 valence electrons. The van der Waals surface area contributed by atoms with Crippen LogP contribution in [0.25, 0.3) is 0 Å². The number of likely N-dealkylation sites (N-methyl/N-ethyl adjacent to an activating group) is 1.